The first-order valence-electron chi connectivity index (χ1n) is 9.22. The molecule has 2 N–H and O–H groups in total. The van der Waals surface area contributed by atoms with Crippen molar-refractivity contribution in [3.8, 4) is 11.6 Å². The fourth-order valence-electron chi connectivity index (χ4n) is 3.35. The molecule has 0 aliphatic carbocycles. The van der Waals surface area contributed by atoms with Crippen LogP contribution in [0.15, 0.2) is 38.8 Å². The van der Waals surface area contributed by atoms with E-state index < -0.39 is 17.1 Å². The summed E-state index contributed by atoms with van der Waals surface area (Å²) in [6.07, 6.45) is 6.11. The largest absolute Gasteiger partial charge is 0.859 e. The van der Waals surface area contributed by atoms with Crippen molar-refractivity contribution < 1.29 is 10.0 Å². The molecule has 1 aliphatic heterocycles. The molecule has 1 aromatic heterocycles. The Morgan fingerprint density at radius 1 is 1.19 bits per heavy atom. The summed E-state index contributed by atoms with van der Waals surface area (Å²) >= 11 is 2.14. The topological polar surface area (TPSA) is 94.7 Å². The Hall–Kier alpha value is -1.94. The zero-order chi connectivity index (χ0) is 19.2. The Kier molecular flexibility index (Phi) is 6.84. The summed E-state index contributed by atoms with van der Waals surface area (Å²) in [5, 5.41) is 12.7. The highest BCUT2D eigenvalue weighted by Crippen LogP contribution is 2.14. The standard InChI is InChI=1S/C19H23IN4O3/c20-14-5-7-15(8-6-14)24-18(26)16(17(25)22-19(24)27)13-21-9-4-12-23-10-2-1-3-11-23/h5-8,13,26H,1-4,9-12H2,(H,22,25,27). The molecule has 1 aliphatic rings. The van der Waals surface area contributed by atoms with E-state index in [4.69, 9.17) is 0 Å². The summed E-state index contributed by atoms with van der Waals surface area (Å²) in [5.74, 6) is -0.643. The third kappa shape index (κ3) is 5.07. The van der Waals surface area contributed by atoms with E-state index in [1.165, 1.54) is 38.6 Å². The van der Waals surface area contributed by atoms with Crippen LogP contribution in [0.4, 0.5) is 0 Å². The SMILES string of the molecule is O=c1[nH]c(=O)n(-c2ccc(I)cc2)c([O-])c1C=NCCC[NH+]1CCCCC1. The van der Waals surface area contributed by atoms with Crippen molar-refractivity contribution in [2.45, 2.75) is 25.7 Å². The maximum Gasteiger partial charge on any atom is 0.332 e. The van der Waals surface area contributed by atoms with Gasteiger partial charge in [0.25, 0.3) is 5.56 Å². The predicted octanol–water partition coefficient (Wildman–Crippen LogP) is 0.0818. The van der Waals surface area contributed by atoms with Gasteiger partial charge in [0.15, 0.2) is 0 Å². The number of quaternary nitrogens is 1. The van der Waals surface area contributed by atoms with Crippen LogP contribution in [0.25, 0.3) is 5.69 Å². The first-order valence-corrected chi connectivity index (χ1v) is 10.3. The molecule has 27 heavy (non-hydrogen) atoms. The first kappa shape index (κ1) is 19.8. The summed E-state index contributed by atoms with van der Waals surface area (Å²) in [6.45, 7) is 4.05. The summed E-state index contributed by atoms with van der Waals surface area (Å²) in [6, 6.07) is 6.93. The van der Waals surface area contributed by atoms with Gasteiger partial charge in [0.2, 0.25) is 0 Å². The number of rotatable bonds is 6. The Bertz CT molecular complexity index is 912. The van der Waals surface area contributed by atoms with Crippen LogP contribution in [-0.4, -0.2) is 41.9 Å². The average Bonchev–Trinajstić information content (AvgIpc) is 2.66. The van der Waals surface area contributed by atoms with Crippen LogP contribution >= 0.6 is 22.6 Å². The number of piperidine rings is 1. The van der Waals surface area contributed by atoms with Gasteiger partial charge in [-0.15, -0.1) is 0 Å². The summed E-state index contributed by atoms with van der Waals surface area (Å²) in [5.41, 5.74) is -1.13. The highest BCUT2D eigenvalue weighted by atomic mass is 127. The normalized spacial score (nSPS) is 15.4. The molecule has 0 spiro atoms. The number of nitrogens with one attached hydrogen (secondary N) is 2. The van der Waals surface area contributed by atoms with Gasteiger partial charge in [-0.1, -0.05) is 0 Å². The van der Waals surface area contributed by atoms with Gasteiger partial charge in [0.1, 0.15) is 0 Å². The zero-order valence-corrected chi connectivity index (χ0v) is 17.2. The van der Waals surface area contributed by atoms with E-state index in [1.807, 2.05) is 0 Å². The Balaban J connectivity index is 1.73. The Morgan fingerprint density at radius 3 is 2.59 bits per heavy atom. The molecular weight excluding hydrogens is 459 g/mol. The molecular formula is C19H23IN4O3. The van der Waals surface area contributed by atoms with Gasteiger partial charge in [-0.2, -0.15) is 0 Å². The maximum absolute atomic E-state index is 12.7. The molecule has 0 radical (unpaired) electrons. The smallest absolute Gasteiger partial charge is 0.332 e. The van der Waals surface area contributed by atoms with Crippen LogP contribution in [0.3, 0.4) is 0 Å². The van der Waals surface area contributed by atoms with Gasteiger partial charge < -0.3 is 10.0 Å². The van der Waals surface area contributed by atoms with Crippen molar-refractivity contribution >= 4 is 28.8 Å². The van der Waals surface area contributed by atoms with E-state index in [2.05, 4.69) is 32.6 Å². The number of H-pyrrole nitrogens is 1. The molecule has 1 fully saturated rings. The number of hydrogen-bond acceptors (Lipinski definition) is 4. The molecule has 0 amide bonds. The van der Waals surface area contributed by atoms with Crippen LogP contribution in [0.2, 0.25) is 0 Å². The minimum atomic E-state index is -0.739. The minimum absolute atomic E-state index is 0.113. The second-order valence-corrected chi connectivity index (χ2v) is 7.99. The number of halogens is 1. The van der Waals surface area contributed by atoms with Crippen LogP contribution in [-0.2, 0) is 0 Å². The molecule has 3 rings (SSSR count). The van der Waals surface area contributed by atoms with Gasteiger partial charge in [-0.05, 0) is 72.0 Å². The molecule has 2 heterocycles. The lowest BCUT2D eigenvalue weighted by atomic mass is 10.1. The van der Waals surface area contributed by atoms with Crippen molar-refractivity contribution in [1.29, 1.82) is 0 Å². The van der Waals surface area contributed by atoms with Crippen LogP contribution in [0, 0.1) is 3.57 Å². The third-order valence-corrected chi connectivity index (χ3v) is 5.50. The second kappa shape index (κ2) is 9.32. The van der Waals surface area contributed by atoms with Gasteiger partial charge in [-0.25, -0.2) is 4.79 Å². The molecule has 7 nitrogen and oxygen atoms in total. The number of hydrogen-bond donors (Lipinski definition) is 2. The molecule has 1 saturated heterocycles. The lowest BCUT2D eigenvalue weighted by Gasteiger charge is -2.23. The average molecular weight is 482 g/mol. The predicted molar refractivity (Wildman–Crippen MR) is 111 cm³/mol. The van der Waals surface area contributed by atoms with Crippen molar-refractivity contribution in [3.63, 3.8) is 0 Å². The Labute approximate surface area is 170 Å². The zero-order valence-electron chi connectivity index (χ0n) is 15.0. The van der Waals surface area contributed by atoms with Crippen LogP contribution < -0.4 is 21.3 Å². The van der Waals surface area contributed by atoms with Gasteiger partial charge in [0, 0.05) is 28.4 Å². The van der Waals surface area contributed by atoms with E-state index in [-0.39, 0.29) is 5.56 Å². The fraction of sp³-hybridized carbons (Fsp3) is 0.421. The molecule has 1 aromatic carbocycles. The summed E-state index contributed by atoms with van der Waals surface area (Å²) < 4.78 is 1.95. The number of aromatic amines is 1. The van der Waals surface area contributed by atoms with Crippen LogP contribution in [0.5, 0.6) is 5.88 Å². The van der Waals surface area contributed by atoms with Gasteiger partial charge in [0.05, 0.1) is 25.2 Å². The molecule has 144 valence electrons. The van der Waals surface area contributed by atoms with E-state index in [0.717, 1.165) is 21.1 Å². The first-order chi connectivity index (χ1) is 13.1. The van der Waals surface area contributed by atoms with Gasteiger partial charge in [-0.3, -0.25) is 19.3 Å². The molecule has 2 aromatic rings. The number of aliphatic imine (C=N–C) groups is 1. The van der Waals surface area contributed by atoms with E-state index in [9.17, 15) is 14.7 Å². The van der Waals surface area contributed by atoms with Crippen LogP contribution in [0.1, 0.15) is 31.2 Å². The quantitative estimate of drug-likeness (QED) is 0.347. The van der Waals surface area contributed by atoms with Crippen molar-refractivity contribution in [2.75, 3.05) is 26.2 Å². The van der Waals surface area contributed by atoms with Crippen molar-refractivity contribution in [3.05, 3.63) is 54.2 Å². The molecule has 0 bridgehead atoms. The van der Waals surface area contributed by atoms with E-state index in [1.54, 1.807) is 29.2 Å². The lowest BCUT2D eigenvalue weighted by Crippen LogP contribution is -3.12. The van der Waals surface area contributed by atoms with E-state index >= 15 is 0 Å². The van der Waals surface area contributed by atoms with E-state index in [0.29, 0.717) is 12.2 Å². The fourth-order valence-corrected chi connectivity index (χ4v) is 3.71. The monoisotopic (exact) mass is 482 g/mol. The minimum Gasteiger partial charge on any atom is -0.859 e. The maximum atomic E-state index is 12.7. The number of benzene rings is 1. The molecule has 0 atom stereocenters. The summed E-state index contributed by atoms with van der Waals surface area (Å²) in [7, 11) is 0. The summed E-state index contributed by atoms with van der Waals surface area (Å²) in [4.78, 5) is 32.2. The third-order valence-electron chi connectivity index (χ3n) is 4.79. The van der Waals surface area contributed by atoms with Gasteiger partial charge >= 0.3 is 5.69 Å². The second-order valence-electron chi connectivity index (χ2n) is 6.74. The number of nitrogens with zero attached hydrogens (tertiary/aromatic N) is 2. The Morgan fingerprint density at radius 2 is 1.89 bits per heavy atom. The highest BCUT2D eigenvalue weighted by Gasteiger charge is 2.12. The lowest BCUT2D eigenvalue weighted by molar-refractivity contribution is -0.904. The molecule has 0 saturated carbocycles. The molecule has 8 heteroatoms. The van der Waals surface area contributed by atoms with Crippen molar-refractivity contribution in [1.82, 2.24) is 9.55 Å². The molecule has 0 unspecified atom stereocenters. The number of likely N-dealkylation sites (tertiary alicyclic amines) is 1. The highest BCUT2D eigenvalue weighted by molar-refractivity contribution is 14.1. The number of aromatic nitrogens is 2. The van der Waals surface area contributed by atoms with Crippen molar-refractivity contribution in [2.24, 2.45) is 4.99 Å².